The standard InChI is InChI=1S/C17H24F2N2O/c1-20-5-2-3-17(12-22)4-6-21(11-16(17)20)10-13-7-14(18)9-15(19)8-13/h7-9,16,22H,2-6,10-12H2,1H3/t16-,17-/m1/s1. The summed E-state index contributed by atoms with van der Waals surface area (Å²) in [5.41, 5.74) is 0.670. The van der Waals surface area contributed by atoms with Gasteiger partial charge in [-0.2, -0.15) is 0 Å². The van der Waals surface area contributed by atoms with E-state index in [1.165, 1.54) is 12.1 Å². The number of benzene rings is 1. The molecule has 0 amide bonds. The predicted octanol–water partition coefficient (Wildman–Crippen LogP) is 2.24. The summed E-state index contributed by atoms with van der Waals surface area (Å²) in [6.45, 7) is 3.54. The molecule has 2 heterocycles. The minimum atomic E-state index is -0.522. The first kappa shape index (κ1) is 15.8. The molecule has 0 spiro atoms. The molecule has 0 bridgehead atoms. The van der Waals surface area contributed by atoms with E-state index in [-0.39, 0.29) is 12.0 Å². The number of likely N-dealkylation sites (N-methyl/N-ethyl adjacent to an activating group) is 1. The number of aliphatic hydroxyl groups is 1. The first-order valence-electron chi connectivity index (χ1n) is 8.01. The van der Waals surface area contributed by atoms with Crippen molar-refractivity contribution in [2.24, 2.45) is 5.41 Å². The van der Waals surface area contributed by atoms with Gasteiger partial charge in [-0.3, -0.25) is 4.90 Å². The van der Waals surface area contributed by atoms with Crippen LogP contribution in [0.4, 0.5) is 8.78 Å². The molecule has 22 heavy (non-hydrogen) atoms. The molecule has 2 fully saturated rings. The van der Waals surface area contributed by atoms with Gasteiger partial charge in [0.2, 0.25) is 0 Å². The van der Waals surface area contributed by atoms with E-state index in [1.807, 2.05) is 0 Å². The van der Waals surface area contributed by atoms with Crippen LogP contribution in [-0.2, 0) is 6.54 Å². The first-order chi connectivity index (χ1) is 10.5. The number of rotatable bonds is 3. The number of halogens is 2. The topological polar surface area (TPSA) is 26.7 Å². The lowest BCUT2D eigenvalue weighted by Gasteiger charge is -2.53. The van der Waals surface area contributed by atoms with E-state index in [0.717, 1.165) is 45.0 Å². The van der Waals surface area contributed by atoms with Gasteiger partial charge in [0.1, 0.15) is 11.6 Å². The number of hydrogen-bond donors (Lipinski definition) is 1. The van der Waals surface area contributed by atoms with E-state index in [9.17, 15) is 13.9 Å². The largest absolute Gasteiger partial charge is 0.396 e. The molecule has 2 aliphatic heterocycles. The molecule has 1 N–H and O–H groups in total. The summed E-state index contributed by atoms with van der Waals surface area (Å²) in [5.74, 6) is -1.04. The third kappa shape index (κ3) is 3.03. The highest BCUT2D eigenvalue weighted by atomic mass is 19.1. The van der Waals surface area contributed by atoms with E-state index in [2.05, 4.69) is 16.8 Å². The number of likely N-dealkylation sites (tertiary alicyclic amines) is 2. The summed E-state index contributed by atoms with van der Waals surface area (Å²) in [6, 6.07) is 4.03. The SMILES string of the molecule is CN1CCC[C@]2(CO)CCN(Cc3cc(F)cc(F)c3)C[C@@H]12. The second-order valence-electron chi connectivity index (χ2n) is 6.88. The van der Waals surface area contributed by atoms with Gasteiger partial charge >= 0.3 is 0 Å². The van der Waals surface area contributed by atoms with E-state index >= 15 is 0 Å². The van der Waals surface area contributed by atoms with Crippen LogP contribution >= 0.6 is 0 Å². The van der Waals surface area contributed by atoms with Crippen molar-refractivity contribution >= 4 is 0 Å². The van der Waals surface area contributed by atoms with Gasteiger partial charge in [-0.15, -0.1) is 0 Å². The van der Waals surface area contributed by atoms with Crippen molar-refractivity contribution in [3.05, 3.63) is 35.4 Å². The van der Waals surface area contributed by atoms with Crippen molar-refractivity contribution in [3.8, 4) is 0 Å². The van der Waals surface area contributed by atoms with Crippen LogP contribution in [0.3, 0.4) is 0 Å². The Morgan fingerprint density at radius 3 is 2.59 bits per heavy atom. The van der Waals surface area contributed by atoms with Crippen molar-refractivity contribution in [1.29, 1.82) is 0 Å². The van der Waals surface area contributed by atoms with Gasteiger partial charge in [0, 0.05) is 30.6 Å². The molecule has 2 atom stereocenters. The fourth-order valence-corrected chi connectivity index (χ4v) is 4.18. The minimum absolute atomic E-state index is 0.00329. The van der Waals surface area contributed by atoms with Crippen LogP contribution in [0.1, 0.15) is 24.8 Å². The Bertz CT molecular complexity index is 519. The molecular weight excluding hydrogens is 286 g/mol. The van der Waals surface area contributed by atoms with Crippen molar-refractivity contribution in [2.75, 3.05) is 33.3 Å². The van der Waals surface area contributed by atoms with E-state index < -0.39 is 11.6 Å². The molecule has 122 valence electrons. The van der Waals surface area contributed by atoms with E-state index in [0.29, 0.717) is 18.2 Å². The number of fused-ring (bicyclic) bond motifs is 1. The molecule has 5 heteroatoms. The fourth-order valence-electron chi connectivity index (χ4n) is 4.18. The molecular formula is C17H24F2N2O. The van der Waals surface area contributed by atoms with Crippen molar-refractivity contribution < 1.29 is 13.9 Å². The van der Waals surface area contributed by atoms with Crippen molar-refractivity contribution in [3.63, 3.8) is 0 Å². The van der Waals surface area contributed by atoms with Crippen LogP contribution in [0.5, 0.6) is 0 Å². The number of piperidine rings is 2. The Kier molecular flexibility index (Phi) is 4.48. The van der Waals surface area contributed by atoms with Crippen LogP contribution < -0.4 is 0 Å². The molecule has 0 radical (unpaired) electrons. The summed E-state index contributed by atoms with van der Waals surface area (Å²) in [4.78, 5) is 4.58. The highest BCUT2D eigenvalue weighted by molar-refractivity contribution is 5.18. The van der Waals surface area contributed by atoms with Gasteiger partial charge in [0.25, 0.3) is 0 Å². The molecule has 2 saturated heterocycles. The molecule has 0 saturated carbocycles. The maximum atomic E-state index is 13.3. The van der Waals surface area contributed by atoms with Gasteiger partial charge < -0.3 is 10.0 Å². The Morgan fingerprint density at radius 2 is 1.91 bits per heavy atom. The van der Waals surface area contributed by atoms with Crippen LogP contribution in [0.2, 0.25) is 0 Å². The third-order valence-corrected chi connectivity index (χ3v) is 5.42. The summed E-state index contributed by atoms with van der Waals surface area (Å²) >= 11 is 0. The fraction of sp³-hybridized carbons (Fsp3) is 0.647. The monoisotopic (exact) mass is 310 g/mol. The Balaban J connectivity index is 1.72. The molecule has 0 unspecified atom stereocenters. The number of aliphatic hydroxyl groups excluding tert-OH is 1. The van der Waals surface area contributed by atoms with Gasteiger partial charge in [0.15, 0.2) is 0 Å². The average Bonchev–Trinajstić information content (AvgIpc) is 2.47. The molecule has 2 aliphatic rings. The van der Waals surface area contributed by atoms with Crippen LogP contribution in [0, 0.1) is 17.0 Å². The number of hydrogen-bond acceptors (Lipinski definition) is 3. The van der Waals surface area contributed by atoms with Gasteiger partial charge in [-0.25, -0.2) is 8.78 Å². The molecule has 3 nitrogen and oxygen atoms in total. The zero-order valence-electron chi connectivity index (χ0n) is 13.1. The van der Waals surface area contributed by atoms with Crippen molar-refractivity contribution in [2.45, 2.75) is 31.8 Å². The molecule has 1 aromatic rings. The smallest absolute Gasteiger partial charge is 0.126 e. The minimum Gasteiger partial charge on any atom is -0.396 e. The molecule has 1 aromatic carbocycles. The lowest BCUT2D eigenvalue weighted by Crippen LogP contribution is -2.61. The van der Waals surface area contributed by atoms with E-state index in [1.54, 1.807) is 0 Å². The quantitative estimate of drug-likeness (QED) is 0.927. The first-order valence-corrected chi connectivity index (χ1v) is 8.01. The second-order valence-corrected chi connectivity index (χ2v) is 6.88. The lowest BCUT2D eigenvalue weighted by molar-refractivity contribution is -0.0684. The summed E-state index contributed by atoms with van der Waals surface area (Å²) in [6.07, 6.45) is 3.14. The predicted molar refractivity (Wildman–Crippen MR) is 81.4 cm³/mol. The Morgan fingerprint density at radius 1 is 1.18 bits per heavy atom. The molecule has 0 aliphatic carbocycles. The van der Waals surface area contributed by atoms with Gasteiger partial charge in [-0.05, 0) is 57.1 Å². The average molecular weight is 310 g/mol. The molecule has 0 aromatic heterocycles. The Labute approximate surface area is 130 Å². The second kappa shape index (κ2) is 6.22. The summed E-state index contributed by atoms with van der Waals surface area (Å²) < 4.78 is 26.7. The highest BCUT2D eigenvalue weighted by Gasteiger charge is 2.46. The zero-order chi connectivity index (χ0) is 15.7. The lowest BCUT2D eigenvalue weighted by atomic mass is 9.69. The van der Waals surface area contributed by atoms with Gasteiger partial charge in [-0.1, -0.05) is 0 Å². The van der Waals surface area contributed by atoms with Gasteiger partial charge in [0.05, 0.1) is 6.61 Å². The van der Waals surface area contributed by atoms with Crippen LogP contribution in [-0.4, -0.2) is 54.2 Å². The zero-order valence-corrected chi connectivity index (χ0v) is 13.1. The maximum Gasteiger partial charge on any atom is 0.126 e. The normalized spacial score (nSPS) is 30.3. The highest BCUT2D eigenvalue weighted by Crippen LogP contribution is 2.41. The van der Waals surface area contributed by atoms with Crippen molar-refractivity contribution in [1.82, 2.24) is 9.80 Å². The molecule has 3 rings (SSSR count). The van der Waals surface area contributed by atoms with Crippen LogP contribution in [0.25, 0.3) is 0 Å². The summed E-state index contributed by atoms with van der Waals surface area (Å²) in [5, 5.41) is 9.90. The summed E-state index contributed by atoms with van der Waals surface area (Å²) in [7, 11) is 2.11. The Hall–Kier alpha value is -1.04. The maximum absolute atomic E-state index is 13.3. The number of nitrogens with zero attached hydrogens (tertiary/aromatic N) is 2. The third-order valence-electron chi connectivity index (χ3n) is 5.42. The van der Waals surface area contributed by atoms with Crippen LogP contribution in [0.15, 0.2) is 18.2 Å². The van der Waals surface area contributed by atoms with E-state index in [4.69, 9.17) is 0 Å².